The van der Waals surface area contributed by atoms with E-state index in [1.807, 2.05) is 30.3 Å². The summed E-state index contributed by atoms with van der Waals surface area (Å²) in [5, 5.41) is 26.9. The molecule has 0 aliphatic heterocycles. The van der Waals surface area contributed by atoms with E-state index in [-0.39, 0.29) is 0 Å². The number of anilines is 1. The van der Waals surface area contributed by atoms with Gasteiger partial charge in [0.2, 0.25) is 0 Å². The van der Waals surface area contributed by atoms with Crippen LogP contribution in [0, 0.1) is 0 Å². The molecule has 9 nitrogen and oxygen atoms in total. The lowest BCUT2D eigenvalue weighted by Crippen LogP contribution is -2.07. The maximum Gasteiger partial charge on any atom is 0.178 e. The van der Waals surface area contributed by atoms with E-state index in [1.165, 1.54) is 0 Å². The summed E-state index contributed by atoms with van der Waals surface area (Å²) in [6.07, 6.45) is 2.73. The standard InChI is InChI=1S/C23H20ClN7O2/c1-13(32)16-4-3-14(9-17(16)24)18-5-6-21-28-29-22(31(21)30-18)12-26-19-7-8-25-20-10-15(33-2)11-27-23(19)20/h3-11,13,32H,12H2,1-2H3,(H,25,26). The molecule has 0 aliphatic rings. The highest BCUT2D eigenvalue weighted by Crippen LogP contribution is 2.28. The van der Waals surface area contributed by atoms with Crippen LogP contribution in [0.3, 0.4) is 0 Å². The van der Waals surface area contributed by atoms with Gasteiger partial charge in [0.05, 0.1) is 42.9 Å². The van der Waals surface area contributed by atoms with Crippen LogP contribution in [0.1, 0.15) is 24.4 Å². The van der Waals surface area contributed by atoms with Crippen LogP contribution in [0.25, 0.3) is 27.9 Å². The fourth-order valence-electron chi connectivity index (χ4n) is 3.56. The summed E-state index contributed by atoms with van der Waals surface area (Å²) in [4.78, 5) is 8.82. The van der Waals surface area contributed by atoms with Gasteiger partial charge in [0.1, 0.15) is 11.3 Å². The number of ether oxygens (including phenoxy) is 1. The Kier molecular flexibility index (Phi) is 5.49. The summed E-state index contributed by atoms with van der Waals surface area (Å²) in [6, 6.07) is 12.9. The minimum Gasteiger partial charge on any atom is -0.495 e. The number of hydrogen-bond donors (Lipinski definition) is 2. The van der Waals surface area contributed by atoms with Gasteiger partial charge in [-0.3, -0.25) is 4.98 Å². The molecule has 2 N–H and O–H groups in total. The molecule has 10 heteroatoms. The van der Waals surface area contributed by atoms with E-state index in [0.29, 0.717) is 40.0 Å². The average Bonchev–Trinajstić information content (AvgIpc) is 3.24. The van der Waals surface area contributed by atoms with Crippen molar-refractivity contribution < 1.29 is 9.84 Å². The van der Waals surface area contributed by atoms with Gasteiger partial charge in [-0.1, -0.05) is 23.7 Å². The van der Waals surface area contributed by atoms with E-state index in [0.717, 1.165) is 22.3 Å². The van der Waals surface area contributed by atoms with Gasteiger partial charge < -0.3 is 15.2 Å². The Bertz CT molecular complexity index is 1470. The molecule has 0 aliphatic carbocycles. The second kappa shape index (κ2) is 8.61. The smallest absolute Gasteiger partial charge is 0.178 e. The van der Waals surface area contributed by atoms with Crippen molar-refractivity contribution in [3.05, 3.63) is 71.3 Å². The predicted octanol–water partition coefficient (Wildman–Crippen LogP) is 4.06. The van der Waals surface area contributed by atoms with Crippen LogP contribution in [0.2, 0.25) is 5.02 Å². The highest BCUT2D eigenvalue weighted by Gasteiger charge is 2.13. The molecular weight excluding hydrogens is 442 g/mol. The number of nitrogens with zero attached hydrogens (tertiary/aromatic N) is 6. The summed E-state index contributed by atoms with van der Waals surface area (Å²) in [5.74, 6) is 1.28. The van der Waals surface area contributed by atoms with Crippen LogP contribution in [-0.2, 0) is 6.54 Å². The lowest BCUT2D eigenvalue weighted by atomic mass is 10.1. The Balaban J connectivity index is 1.44. The van der Waals surface area contributed by atoms with Crippen molar-refractivity contribution in [3.8, 4) is 17.0 Å². The summed E-state index contributed by atoms with van der Waals surface area (Å²) in [5.41, 5.74) is 5.12. The van der Waals surface area contributed by atoms with Crippen LogP contribution in [-0.4, -0.2) is 42.0 Å². The zero-order valence-electron chi connectivity index (χ0n) is 17.9. The molecule has 0 amide bonds. The van der Waals surface area contributed by atoms with E-state index < -0.39 is 6.10 Å². The van der Waals surface area contributed by atoms with Crippen molar-refractivity contribution in [1.82, 2.24) is 29.8 Å². The Morgan fingerprint density at radius 2 is 2.00 bits per heavy atom. The number of aromatic nitrogens is 6. The third kappa shape index (κ3) is 4.04. The molecular formula is C23H20ClN7O2. The first-order chi connectivity index (χ1) is 16.0. The third-order valence-electron chi connectivity index (χ3n) is 5.30. The van der Waals surface area contributed by atoms with Gasteiger partial charge >= 0.3 is 0 Å². The summed E-state index contributed by atoms with van der Waals surface area (Å²) in [6.45, 7) is 2.06. The summed E-state index contributed by atoms with van der Waals surface area (Å²) in [7, 11) is 1.60. The van der Waals surface area contributed by atoms with Crippen LogP contribution >= 0.6 is 11.6 Å². The average molecular weight is 462 g/mol. The van der Waals surface area contributed by atoms with E-state index in [1.54, 1.807) is 43.1 Å². The monoisotopic (exact) mass is 461 g/mol. The van der Waals surface area contributed by atoms with Crippen molar-refractivity contribution >= 4 is 34.0 Å². The van der Waals surface area contributed by atoms with Crippen LogP contribution < -0.4 is 10.1 Å². The number of aliphatic hydroxyl groups excluding tert-OH is 1. The van der Waals surface area contributed by atoms with Gasteiger partial charge in [-0.05, 0) is 36.8 Å². The second-order valence-corrected chi connectivity index (χ2v) is 7.88. The fourth-order valence-corrected chi connectivity index (χ4v) is 3.90. The highest BCUT2D eigenvalue weighted by atomic mass is 35.5. The molecule has 0 saturated carbocycles. The Morgan fingerprint density at radius 1 is 1.12 bits per heavy atom. The number of benzene rings is 1. The fraction of sp³-hybridized carbons (Fsp3) is 0.174. The first-order valence-corrected chi connectivity index (χ1v) is 10.6. The predicted molar refractivity (Wildman–Crippen MR) is 125 cm³/mol. The second-order valence-electron chi connectivity index (χ2n) is 7.47. The van der Waals surface area contributed by atoms with Crippen LogP contribution in [0.5, 0.6) is 5.75 Å². The Labute approximate surface area is 194 Å². The van der Waals surface area contributed by atoms with Gasteiger partial charge in [0.15, 0.2) is 11.5 Å². The Hall–Kier alpha value is -3.82. The molecule has 1 unspecified atom stereocenters. The molecule has 4 heterocycles. The van der Waals surface area contributed by atoms with Crippen molar-refractivity contribution in [1.29, 1.82) is 0 Å². The number of nitrogens with one attached hydrogen (secondary N) is 1. The van der Waals surface area contributed by atoms with Gasteiger partial charge in [0, 0.05) is 22.8 Å². The number of fused-ring (bicyclic) bond motifs is 2. The topological polar surface area (TPSA) is 110 Å². The van der Waals surface area contributed by atoms with Crippen LogP contribution in [0.4, 0.5) is 5.69 Å². The van der Waals surface area contributed by atoms with Gasteiger partial charge in [0.25, 0.3) is 0 Å². The molecule has 0 spiro atoms. The van der Waals surface area contributed by atoms with Crippen molar-refractivity contribution in [3.63, 3.8) is 0 Å². The SMILES string of the molecule is COc1cnc2c(NCc3nnc4ccc(-c5ccc(C(C)O)c(Cl)c5)nn34)ccnc2c1. The van der Waals surface area contributed by atoms with Gasteiger partial charge in [-0.2, -0.15) is 9.61 Å². The minimum absolute atomic E-state index is 0.381. The number of pyridine rings is 2. The zero-order valence-corrected chi connectivity index (χ0v) is 18.7. The molecule has 4 aromatic heterocycles. The van der Waals surface area contributed by atoms with E-state index in [9.17, 15) is 5.11 Å². The minimum atomic E-state index is -0.641. The molecule has 1 atom stereocenters. The molecule has 0 fully saturated rings. The number of aliphatic hydroxyl groups is 1. The van der Waals surface area contributed by atoms with E-state index in [4.69, 9.17) is 21.4 Å². The van der Waals surface area contributed by atoms with E-state index >= 15 is 0 Å². The first-order valence-electron chi connectivity index (χ1n) is 10.3. The molecule has 166 valence electrons. The van der Waals surface area contributed by atoms with Crippen molar-refractivity contribution in [2.45, 2.75) is 19.6 Å². The molecule has 5 rings (SSSR count). The summed E-state index contributed by atoms with van der Waals surface area (Å²) < 4.78 is 6.92. The van der Waals surface area contributed by atoms with Gasteiger partial charge in [-0.25, -0.2) is 4.98 Å². The highest BCUT2D eigenvalue weighted by molar-refractivity contribution is 6.31. The zero-order chi connectivity index (χ0) is 22.9. The maximum atomic E-state index is 9.82. The van der Waals surface area contributed by atoms with Crippen molar-refractivity contribution in [2.24, 2.45) is 0 Å². The largest absolute Gasteiger partial charge is 0.495 e. The van der Waals surface area contributed by atoms with Crippen LogP contribution in [0.15, 0.2) is 54.9 Å². The molecule has 0 saturated heterocycles. The summed E-state index contributed by atoms with van der Waals surface area (Å²) >= 11 is 6.34. The first kappa shape index (κ1) is 21.0. The third-order valence-corrected chi connectivity index (χ3v) is 5.63. The lowest BCUT2D eigenvalue weighted by molar-refractivity contribution is 0.199. The lowest BCUT2D eigenvalue weighted by Gasteiger charge is -2.10. The normalized spacial score (nSPS) is 12.2. The van der Waals surface area contributed by atoms with Crippen molar-refractivity contribution in [2.75, 3.05) is 12.4 Å². The maximum absolute atomic E-state index is 9.82. The number of hydrogen-bond acceptors (Lipinski definition) is 8. The molecule has 0 radical (unpaired) electrons. The number of halogens is 1. The quantitative estimate of drug-likeness (QED) is 0.389. The molecule has 1 aromatic carbocycles. The number of methoxy groups -OCH3 is 1. The number of rotatable bonds is 6. The van der Waals surface area contributed by atoms with Gasteiger partial charge in [-0.15, -0.1) is 10.2 Å². The Morgan fingerprint density at radius 3 is 2.79 bits per heavy atom. The van der Waals surface area contributed by atoms with E-state index in [2.05, 4.69) is 25.5 Å². The molecule has 33 heavy (non-hydrogen) atoms. The molecule has 5 aromatic rings. The molecule has 0 bridgehead atoms.